The Bertz CT molecular complexity index is 650. The summed E-state index contributed by atoms with van der Waals surface area (Å²) < 4.78 is 63.1. The van der Waals surface area contributed by atoms with E-state index in [9.17, 15) is 21.6 Å². The summed E-state index contributed by atoms with van der Waals surface area (Å²) in [7, 11) is -5.61. The normalized spacial score (nSPS) is 20.6. The second-order valence-corrected chi connectivity index (χ2v) is 6.72. The molecule has 0 radical (unpaired) electrons. The summed E-state index contributed by atoms with van der Waals surface area (Å²) in [5.41, 5.74) is -3.60. The summed E-state index contributed by atoms with van der Waals surface area (Å²) in [5, 5.41) is 3.25. The lowest BCUT2D eigenvalue weighted by Crippen LogP contribution is -2.33. The van der Waals surface area contributed by atoms with Crippen LogP contribution in [-0.2, 0) is 22.1 Å². The van der Waals surface area contributed by atoms with Crippen LogP contribution in [0.5, 0.6) is 5.75 Å². The Labute approximate surface area is 114 Å². The van der Waals surface area contributed by atoms with Gasteiger partial charge in [-0.1, -0.05) is 6.07 Å². The Balaban J connectivity index is 1.94. The number of fused-ring (bicyclic) bond motifs is 2. The SMILES string of the molecule is O=S(=O)(Oc1ccc2c(c1)C1(CC1)CNC2)C(F)(F)F. The first-order valence-electron chi connectivity index (χ1n) is 6.08. The van der Waals surface area contributed by atoms with Crippen LogP contribution in [0, 0.1) is 0 Å². The zero-order valence-electron chi connectivity index (χ0n) is 10.3. The van der Waals surface area contributed by atoms with E-state index in [1.165, 1.54) is 12.1 Å². The van der Waals surface area contributed by atoms with Crippen LogP contribution in [0.25, 0.3) is 0 Å². The molecule has 110 valence electrons. The van der Waals surface area contributed by atoms with Crippen molar-refractivity contribution in [1.29, 1.82) is 0 Å². The molecule has 1 aliphatic heterocycles. The predicted molar refractivity (Wildman–Crippen MR) is 64.7 cm³/mol. The topological polar surface area (TPSA) is 55.4 Å². The summed E-state index contributed by atoms with van der Waals surface area (Å²) >= 11 is 0. The van der Waals surface area contributed by atoms with Gasteiger partial charge in [0.15, 0.2) is 0 Å². The highest BCUT2D eigenvalue weighted by Crippen LogP contribution is 2.51. The molecule has 0 atom stereocenters. The molecule has 3 rings (SSSR count). The van der Waals surface area contributed by atoms with Crippen LogP contribution < -0.4 is 9.50 Å². The molecule has 0 amide bonds. The average molecular weight is 307 g/mol. The summed E-state index contributed by atoms with van der Waals surface area (Å²) in [4.78, 5) is 0. The maximum atomic E-state index is 12.3. The van der Waals surface area contributed by atoms with Gasteiger partial charge in [0.25, 0.3) is 0 Å². The molecule has 0 bridgehead atoms. The molecular formula is C12H12F3NO3S. The largest absolute Gasteiger partial charge is 0.534 e. The van der Waals surface area contributed by atoms with Gasteiger partial charge in [0.1, 0.15) is 5.75 Å². The van der Waals surface area contributed by atoms with E-state index in [1.54, 1.807) is 6.07 Å². The molecule has 0 aromatic heterocycles. The number of alkyl halides is 3. The van der Waals surface area contributed by atoms with Crippen LogP contribution in [0.1, 0.15) is 24.0 Å². The highest BCUT2D eigenvalue weighted by molar-refractivity contribution is 7.88. The molecule has 1 aromatic rings. The van der Waals surface area contributed by atoms with E-state index in [2.05, 4.69) is 9.50 Å². The zero-order chi connectivity index (χ0) is 14.6. The van der Waals surface area contributed by atoms with E-state index in [-0.39, 0.29) is 11.2 Å². The summed E-state index contributed by atoms with van der Waals surface area (Å²) in [6.07, 6.45) is 1.89. The van der Waals surface area contributed by atoms with Gasteiger partial charge in [-0.15, -0.1) is 0 Å². The van der Waals surface area contributed by atoms with Crippen LogP contribution in [0.15, 0.2) is 18.2 Å². The van der Waals surface area contributed by atoms with Crippen molar-refractivity contribution in [2.45, 2.75) is 30.3 Å². The Morgan fingerprint density at radius 2 is 1.95 bits per heavy atom. The molecule has 1 aliphatic carbocycles. The van der Waals surface area contributed by atoms with E-state index >= 15 is 0 Å². The lowest BCUT2D eigenvalue weighted by molar-refractivity contribution is -0.0500. The van der Waals surface area contributed by atoms with Gasteiger partial charge >= 0.3 is 15.6 Å². The van der Waals surface area contributed by atoms with Crippen molar-refractivity contribution in [1.82, 2.24) is 5.32 Å². The molecule has 8 heteroatoms. The van der Waals surface area contributed by atoms with Gasteiger partial charge in [-0.05, 0) is 36.1 Å². The predicted octanol–water partition coefficient (Wildman–Crippen LogP) is 2.05. The fourth-order valence-corrected chi connectivity index (χ4v) is 3.01. The minimum absolute atomic E-state index is 0.0606. The van der Waals surface area contributed by atoms with Gasteiger partial charge in [-0.3, -0.25) is 0 Å². The molecule has 1 heterocycles. The van der Waals surface area contributed by atoms with Gasteiger partial charge in [-0.25, -0.2) is 0 Å². The number of benzene rings is 1. The summed E-state index contributed by atoms with van der Waals surface area (Å²) in [6, 6.07) is 4.29. The maximum absolute atomic E-state index is 12.3. The van der Waals surface area contributed by atoms with Crippen molar-refractivity contribution in [2.75, 3.05) is 6.54 Å². The lowest BCUT2D eigenvalue weighted by atomic mass is 9.88. The first-order valence-corrected chi connectivity index (χ1v) is 7.49. The molecule has 1 saturated carbocycles. The van der Waals surface area contributed by atoms with E-state index in [0.29, 0.717) is 6.54 Å². The van der Waals surface area contributed by atoms with E-state index in [4.69, 9.17) is 0 Å². The fourth-order valence-electron chi connectivity index (χ4n) is 2.56. The Kier molecular flexibility index (Phi) is 2.81. The zero-order valence-corrected chi connectivity index (χ0v) is 11.1. The standard InChI is InChI=1S/C12H12F3NO3S/c13-12(14,15)20(17,18)19-9-2-1-8-6-16-7-11(3-4-11)10(8)5-9/h1-2,5,16H,3-4,6-7H2. The Morgan fingerprint density at radius 1 is 1.25 bits per heavy atom. The molecule has 4 nitrogen and oxygen atoms in total. The molecule has 1 spiro atoms. The lowest BCUT2D eigenvalue weighted by Gasteiger charge is -2.26. The monoisotopic (exact) mass is 307 g/mol. The second-order valence-electron chi connectivity index (χ2n) is 5.19. The highest BCUT2D eigenvalue weighted by atomic mass is 32.2. The number of rotatable bonds is 2. The molecule has 1 N–H and O–H groups in total. The fraction of sp³-hybridized carbons (Fsp3) is 0.500. The first-order chi connectivity index (χ1) is 9.24. The summed E-state index contributed by atoms with van der Waals surface area (Å²) in [5.74, 6) is -0.283. The van der Waals surface area contributed by atoms with Crippen molar-refractivity contribution >= 4 is 10.1 Å². The molecule has 2 aliphatic rings. The van der Waals surface area contributed by atoms with Crippen molar-refractivity contribution in [3.8, 4) is 5.75 Å². The van der Waals surface area contributed by atoms with Crippen LogP contribution in [0.4, 0.5) is 13.2 Å². The number of hydrogen-bond acceptors (Lipinski definition) is 4. The van der Waals surface area contributed by atoms with Crippen molar-refractivity contribution in [3.63, 3.8) is 0 Å². The molecule has 0 unspecified atom stereocenters. The molecule has 0 saturated heterocycles. The third-order valence-corrected chi connectivity index (χ3v) is 4.75. The molecular weight excluding hydrogens is 295 g/mol. The average Bonchev–Trinajstić information content (AvgIpc) is 3.09. The maximum Gasteiger partial charge on any atom is 0.534 e. The van der Waals surface area contributed by atoms with Crippen molar-refractivity contribution in [3.05, 3.63) is 29.3 Å². The van der Waals surface area contributed by atoms with E-state index < -0.39 is 15.6 Å². The minimum atomic E-state index is -5.61. The number of hydrogen-bond donors (Lipinski definition) is 1. The van der Waals surface area contributed by atoms with Crippen molar-refractivity contribution in [2.24, 2.45) is 0 Å². The van der Waals surface area contributed by atoms with E-state index in [1.807, 2.05) is 0 Å². The number of nitrogens with one attached hydrogen (secondary N) is 1. The molecule has 1 fully saturated rings. The van der Waals surface area contributed by atoms with Gasteiger partial charge in [0.05, 0.1) is 0 Å². The Hall–Kier alpha value is -1.28. The molecule has 20 heavy (non-hydrogen) atoms. The van der Waals surface area contributed by atoms with E-state index in [0.717, 1.165) is 30.5 Å². The van der Waals surface area contributed by atoms with Gasteiger partial charge < -0.3 is 9.50 Å². The summed E-state index contributed by atoms with van der Waals surface area (Å²) in [6.45, 7) is 1.39. The number of halogens is 3. The van der Waals surface area contributed by atoms with Crippen molar-refractivity contribution < 1.29 is 25.8 Å². The smallest absolute Gasteiger partial charge is 0.376 e. The van der Waals surface area contributed by atoms with Crippen LogP contribution in [0.2, 0.25) is 0 Å². The third kappa shape index (κ3) is 2.16. The van der Waals surface area contributed by atoms with Gasteiger partial charge in [-0.2, -0.15) is 21.6 Å². The minimum Gasteiger partial charge on any atom is -0.376 e. The van der Waals surface area contributed by atoms with Crippen LogP contribution in [0.3, 0.4) is 0 Å². The van der Waals surface area contributed by atoms with Crippen LogP contribution in [-0.4, -0.2) is 20.5 Å². The molecule has 1 aromatic carbocycles. The second kappa shape index (κ2) is 4.11. The third-order valence-electron chi connectivity index (χ3n) is 3.77. The quantitative estimate of drug-likeness (QED) is 0.671. The van der Waals surface area contributed by atoms with Gasteiger partial charge in [0.2, 0.25) is 0 Å². The van der Waals surface area contributed by atoms with Crippen LogP contribution >= 0.6 is 0 Å². The first kappa shape index (κ1) is 13.7. The Morgan fingerprint density at radius 3 is 2.55 bits per heavy atom. The van der Waals surface area contributed by atoms with Gasteiger partial charge in [0, 0.05) is 18.5 Å². The highest BCUT2D eigenvalue weighted by Gasteiger charge is 2.50.